The van der Waals surface area contributed by atoms with Gasteiger partial charge in [-0.2, -0.15) is 0 Å². The van der Waals surface area contributed by atoms with E-state index in [9.17, 15) is 4.79 Å². The predicted molar refractivity (Wildman–Crippen MR) is 84.0 cm³/mol. The van der Waals surface area contributed by atoms with Crippen LogP contribution in [0.5, 0.6) is 0 Å². The smallest absolute Gasteiger partial charge is 0.223 e. The first-order valence-corrected chi connectivity index (χ1v) is 8.14. The van der Waals surface area contributed by atoms with Crippen LogP contribution in [0.15, 0.2) is 30.5 Å². The number of fused-ring (bicyclic) bond motifs is 3. The van der Waals surface area contributed by atoms with Gasteiger partial charge < -0.3 is 10.3 Å². The third kappa shape index (κ3) is 2.35. The number of aromatic amines is 1. The molecule has 2 aromatic rings. The molecular formula is C18H22N2O. The fourth-order valence-electron chi connectivity index (χ4n) is 4.36. The molecule has 2 saturated carbocycles. The van der Waals surface area contributed by atoms with Crippen LogP contribution in [0.2, 0.25) is 0 Å². The minimum Gasteiger partial charge on any atom is -0.361 e. The molecule has 2 fully saturated rings. The Morgan fingerprint density at radius 1 is 1.24 bits per heavy atom. The summed E-state index contributed by atoms with van der Waals surface area (Å²) in [7, 11) is 0. The lowest BCUT2D eigenvalue weighted by Crippen LogP contribution is -2.34. The fourth-order valence-corrected chi connectivity index (χ4v) is 4.36. The number of hydrogen-bond acceptors (Lipinski definition) is 1. The van der Waals surface area contributed by atoms with Gasteiger partial charge in [0.05, 0.1) is 0 Å². The Morgan fingerprint density at radius 3 is 2.95 bits per heavy atom. The quantitative estimate of drug-likeness (QED) is 0.888. The van der Waals surface area contributed by atoms with Crippen LogP contribution < -0.4 is 5.32 Å². The SMILES string of the molecule is O=C(NCCc1c[nH]c2ccccc12)[C@H]1C[C@H]2CC[C@@H]1C2. The molecule has 1 heterocycles. The molecule has 3 atom stereocenters. The van der Waals surface area contributed by atoms with Crippen LogP contribution in [0.4, 0.5) is 0 Å². The molecular weight excluding hydrogens is 260 g/mol. The third-order valence-corrected chi connectivity index (χ3v) is 5.44. The van der Waals surface area contributed by atoms with Crippen LogP contribution >= 0.6 is 0 Å². The van der Waals surface area contributed by atoms with Gasteiger partial charge in [0.15, 0.2) is 0 Å². The molecule has 0 unspecified atom stereocenters. The lowest BCUT2D eigenvalue weighted by Gasteiger charge is -2.20. The van der Waals surface area contributed by atoms with Crippen LogP contribution in [0.25, 0.3) is 10.9 Å². The van der Waals surface area contributed by atoms with Gasteiger partial charge >= 0.3 is 0 Å². The number of carbonyl (C=O) groups is 1. The van der Waals surface area contributed by atoms with E-state index in [-0.39, 0.29) is 0 Å². The molecule has 3 nitrogen and oxygen atoms in total. The second kappa shape index (κ2) is 5.21. The summed E-state index contributed by atoms with van der Waals surface area (Å²) in [6.45, 7) is 0.745. The normalized spacial score (nSPS) is 27.3. The van der Waals surface area contributed by atoms with Crippen molar-refractivity contribution >= 4 is 16.8 Å². The van der Waals surface area contributed by atoms with Crippen molar-refractivity contribution in [2.75, 3.05) is 6.54 Å². The highest BCUT2D eigenvalue weighted by Gasteiger charge is 2.42. The minimum absolute atomic E-state index is 0.294. The van der Waals surface area contributed by atoms with Gasteiger partial charge in [-0.3, -0.25) is 4.79 Å². The molecule has 3 heteroatoms. The van der Waals surface area contributed by atoms with E-state index < -0.39 is 0 Å². The van der Waals surface area contributed by atoms with E-state index >= 15 is 0 Å². The largest absolute Gasteiger partial charge is 0.361 e. The summed E-state index contributed by atoms with van der Waals surface area (Å²) < 4.78 is 0. The minimum atomic E-state index is 0.294. The zero-order chi connectivity index (χ0) is 14.2. The van der Waals surface area contributed by atoms with Crippen molar-refractivity contribution in [2.45, 2.75) is 32.1 Å². The molecule has 2 bridgehead atoms. The standard InChI is InChI=1S/C18H22N2O/c21-18(16-10-12-5-6-13(16)9-12)19-8-7-14-11-20-17-4-2-1-3-15(14)17/h1-4,11-13,16,20H,5-10H2,(H,19,21)/t12-,13+,16-/m0/s1. The lowest BCUT2D eigenvalue weighted by atomic mass is 9.88. The number of rotatable bonds is 4. The molecule has 1 amide bonds. The Labute approximate surface area is 125 Å². The summed E-state index contributed by atoms with van der Waals surface area (Å²) >= 11 is 0. The van der Waals surface area contributed by atoms with Crippen molar-refractivity contribution < 1.29 is 4.79 Å². The zero-order valence-corrected chi connectivity index (χ0v) is 12.3. The Balaban J connectivity index is 1.34. The first-order chi connectivity index (χ1) is 10.3. The molecule has 1 aromatic carbocycles. The Bertz CT molecular complexity index is 660. The van der Waals surface area contributed by atoms with Crippen LogP contribution in [0, 0.1) is 17.8 Å². The van der Waals surface area contributed by atoms with Crippen molar-refractivity contribution in [2.24, 2.45) is 17.8 Å². The average molecular weight is 282 g/mol. The van der Waals surface area contributed by atoms with Gasteiger partial charge in [0.25, 0.3) is 0 Å². The number of para-hydroxylation sites is 1. The first kappa shape index (κ1) is 12.9. The first-order valence-electron chi connectivity index (χ1n) is 8.14. The number of aromatic nitrogens is 1. The number of amides is 1. The van der Waals surface area contributed by atoms with E-state index in [2.05, 4.69) is 34.7 Å². The van der Waals surface area contributed by atoms with Crippen molar-refractivity contribution in [3.05, 3.63) is 36.0 Å². The van der Waals surface area contributed by atoms with Crippen molar-refractivity contribution in [3.63, 3.8) is 0 Å². The van der Waals surface area contributed by atoms with E-state index in [1.54, 1.807) is 0 Å². The maximum Gasteiger partial charge on any atom is 0.223 e. The van der Waals surface area contributed by atoms with E-state index in [1.807, 2.05) is 6.07 Å². The van der Waals surface area contributed by atoms with Gasteiger partial charge in [-0.25, -0.2) is 0 Å². The molecule has 1 aromatic heterocycles. The van der Waals surface area contributed by atoms with Crippen LogP contribution in [-0.2, 0) is 11.2 Å². The van der Waals surface area contributed by atoms with Crippen molar-refractivity contribution in [3.8, 4) is 0 Å². The topological polar surface area (TPSA) is 44.9 Å². The number of carbonyl (C=O) groups excluding carboxylic acids is 1. The Kier molecular flexibility index (Phi) is 3.21. The number of benzene rings is 1. The number of nitrogens with one attached hydrogen (secondary N) is 2. The molecule has 0 spiro atoms. The average Bonchev–Trinajstić information content (AvgIpc) is 3.22. The Hall–Kier alpha value is -1.77. The molecule has 2 aliphatic carbocycles. The molecule has 4 rings (SSSR count). The summed E-state index contributed by atoms with van der Waals surface area (Å²) in [5, 5.41) is 4.43. The monoisotopic (exact) mass is 282 g/mol. The van der Waals surface area contributed by atoms with Gasteiger partial charge in [0.2, 0.25) is 5.91 Å². The van der Waals surface area contributed by atoms with Gasteiger partial charge in [-0.15, -0.1) is 0 Å². The summed E-state index contributed by atoms with van der Waals surface area (Å²) in [4.78, 5) is 15.6. The maximum atomic E-state index is 12.3. The third-order valence-electron chi connectivity index (χ3n) is 5.44. The van der Waals surface area contributed by atoms with Crippen LogP contribution in [0.1, 0.15) is 31.2 Å². The van der Waals surface area contributed by atoms with Crippen molar-refractivity contribution in [1.82, 2.24) is 10.3 Å². The van der Waals surface area contributed by atoms with E-state index in [1.165, 1.54) is 35.7 Å². The van der Waals surface area contributed by atoms with Crippen molar-refractivity contribution in [1.29, 1.82) is 0 Å². The van der Waals surface area contributed by atoms with Gasteiger partial charge in [0, 0.05) is 29.6 Å². The molecule has 0 radical (unpaired) electrons. The molecule has 0 aliphatic heterocycles. The molecule has 110 valence electrons. The molecule has 2 aliphatic rings. The summed E-state index contributed by atoms with van der Waals surface area (Å²) in [6, 6.07) is 8.33. The summed E-state index contributed by atoms with van der Waals surface area (Å²) in [6.07, 6.45) is 8.00. The highest BCUT2D eigenvalue weighted by Crippen LogP contribution is 2.48. The van der Waals surface area contributed by atoms with Gasteiger partial charge in [-0.05, 0) is 49.1 Å². The number of H-pyrrole nitrogens is 1. The Morgan fingerprint density at radius 2 is 2.14 bits per heavy atom. The lowest BCUT2D eigenvalue weighted by molar-refractivity contribution is -0.126. The van der Waals surface area contributed by atoms with Crippen LogP contribution in [-0.4, -0.2) is 17.4 Å². The van der Waals surface area contributed by atoms with E-state index in [4.69, 9.17) is 0 Å². The second-order valence-corrected chi connectivity index (χ2v) is 6.68. The highest BCUT2D eigenvalue weighted by molar-refractivity contribution is 5.83. The van der Waals surface area contributed by atoms with Gasteiger partial charge in [-0.1, -0.05) is 24.6 Å². The molecule has 21 heavy (non-hydrogen) atoms. The fraction of sp³-hybridized carbons (Fsp3) is 0.500. The summed E-state index contributed by atoms with van der Waals surface area (Å²) in [5.74, 6) is 2.09. The van der Waals surface area contributed by atoms with Crippen LogP contribution in [0.3, 0.4) is 0 Å². The second-order valence-electron chi connectivity index (χ2n) is 6.68. The number of hydrogen-bond donors (Lipinski definition) is 2. The summed E-state index contributed by atoms with van der Waals surface area (Å²) in [5.41, 5.74) is 2.46. The molecule has 2 N–H and O–H groups in total. The highest BCUT2D eigenvalue weighted by atomic mass is 16.1. The van der Waals surface area contributed by atoms with E-state index in [0.29, 0.717) is 17.7 Å². The van der Waals surface area contributed by atoms with Gasteiger partial charge in [0.1, 0.15) is 0 Å². The van der Waals surface area contributed by atoms with E-state index in [0.717, 1.165) is 25.3 Å². The predicted octanol–water partition coefficient (Wildman–Crippen LogP) is 3.26. The molecule has 0 saturated heterocycles. The zero-order valence-electron chi connectivity index (χ0n) is 12.3. The maximum absolute atomic E-state index is 12.3.